The lowest BCUT2D eigenvalue weighted by molar-refractivity contribution is 0.0660. The van der Waals surface area contributed by atoms with Crippen molar-refractivity contribution >= 4 is 11.6 Å². The molecule has 0 spiro atoms. The van der Waals surface area contributed by atoms with Gasteiger partial charge >= 0.3 is 0 Å². The molecule has 5 heteroatoms. The van der Waals surface area contributed by atoms with E-state index in [1.54, 1.807) is 11.1 Å². The standard InChI is InChI=1S/C13H17N3O2/c1-10(2)16(7-8-17)13(18)11-9-15-6-4-3-5-12(15)14-11/h3-6,9-10,17H,7-8H2,1-2H3. The Labute approximate surface area is 106 Å². The average Bonchev–Trinajstić information content (AvgIpc) is 2.78. The largest absolute Gasteiger partial charge is 0.395 e. The molecular formula is C13H17N3O2. The van der Waals surface area contributed by atoms with Crippen molar-refractivity contribution in [2.24, 2.45) is 0 Å². The Bertz CT molecular complexity index is 515. The Balaban J connectivity index is 2.31. The number of hydrogen-bond donors (Lipinski definition) is 1. The first-order chi connectivity index (χ1) is 8.63. The second-order valence-electron chi connectivity index (χ2n) is 4.41. The molecule has 0 radical (unpaired) electrons. The summed E-state index contributed by atoms with van der Waals surface area (Å²) in [4.78, 5) is 18.2. The van der Waals surface area contributed by atoms with Gasteiger partial charge in [-0.25, -0.2) is 4.98 Å². The van der Waals surface area contributed by atoms with Gasteiger partial charge < -0.3 is 14.4 Å². The Kier molecular flexibility index (Phi) is 3.62. The van der Waals surface area contributed by atoms with Crippen LogP contribution < -0.4 is 0 Å². The molecule has 0 aliphatic heterocycles. The summed E-state index contributed by atoms with van der Waals surface area (Å²) < 4.78 is 1.81. The van der Waals surface area contributed by atoms with Crippen molar-refractivity contribution < 1.29 is 9.90 Å². The minimum Gasteiger partial charge on any atom is -0.395 e. The van der Waals surface area contributed by atoms with Gasteiger partial charge in [0.15, 0.2) is 0 Å². The number of amides is 1. The number of nitrogens with zero attached hydrogens (tertiary/aromatic N) is 3. The van der Waals surface area contributed by atoms with Crippen molar-refractivity contribution in [2.45, 2.75) is 19.9 Å². The molecule has 5 nitrogen and oxygen atoms in total. The second-order valence-corrected chi connectivity index (χ2v) is 4.41. The predicted molar refractivity (Wildman–Crippen MR) is 68.5 cm³/mol. The van der Waals surface area contributed by atoms with Gasteiger partial charge in [-0.1, -0.05) is 6.07 Å². The van der Waals surface area contributed by atoms with Crippen molar-refractivity contribution in [1.29, 1.82) is 0 Å². The maximum absolute atomic E-state index is 12.3. The van der Waals surface area contributed by atoms with Crippen LogP contribution in [0.5, 0.6) is 0 Å². The van der Waals surface area contributed by atoms with Crippen LogP contribution in [0.3, 0.4) is 0 Å². The van der Waals surface area contributed by atoms with Gasteiger partial charge in [-0.05, 0) is 26.0 Å². The molecule has 2 aromatic heterocycles. The van der Waals surface area contributed by atoms with E-state index < -0.39 is 0 Å². The number of imidazole rings is 1. The minimum atomic E-state index is -0.150. The first kappa shape index (κ1) is 12.6. The lowest BCUT2D eigenvalue weighted by atomic mass is 10.3. The molecule has 0 fully saturated rings. The summed E-state index contributed by atoms with van der Waals surface area (Å²) in [6.45, 7) is 4.12. The van der Waals surface area contributed by atoms with Crippen molar-refractivity contribution in [3.63, 3.8) is 0 Å². The van der Waals surface area contributed by atoms with Gasteiger partial charge in [0.2, 0.25) is 0 Å². The Hall–Kier alpha value is -1.88. The summed E-state index contributed by atoms with van der Waals surface area (Å²) in [7, 11) is 0. The third-order valence-electron chi connectivity index (χ3n) is 2.81. The topological polar surface area (TPSA) is 57.8 Å². The van der Waals surface area contributed by atoms with E-state index in [2.05, 4.69) is 4.98 Å². The van der Waals surface area contributed by atoms with Crippen molar-refractivity contribution in [3.05, 3.63) is 36.3 Å². The molecule has 0 aliphatic rings. The van der Waals surface area contributed by atoms with Crippen LogP contribution in [-0.4, -0.2) is 44.5 Å². The third kappa shape index (κ3) is 2.36. The number of carbonyl (C=O) groups excluding carboxylic acids is 1. The number of pyridine rings is 1. The monoisotopic (exact) mass is 247 g/mol. The van der Waals surface area contributed by atoms with Crippen LogP contribution in [0.1, 0.15) is 24.3 Å². The van der Waals surface area contributed by atoms with Crippen molar-refractivity contribution in [2.75, 3.05) is 13.2 Å². The van der Waals surface area contributed by atoms with Gasteiger partial charge in [-0.3, -0.25) is 4.79 Å². The first-order valence-electron chi connectivity index (χ1n) is 5.99. The van der Waals surface area contributed by atoms with Crippen LogP contribution in [0.15, 0.2) is 30.6 Å². The molecule has 1 amide bonds. The van der Waals surface area contributed by atoms with Crippen molar-refractivity contribution in [3.8, 4) is 0 Å². The molecular weight excluding hydrogens is 230 g/mol. The van der Waals surface area contributed by atoms with Gasteiger partial charge in [-0.2, -0.15) is 0 Å². The summed E-state index contributed by atoms with van der Waals surface area (Å²) in [6.07, 6.45) is 3.56. The van der Waals surface area contributed by atoms with E-state index in [9.17, 15) is 4.79 Å². The molecule has 18 heavy (non-hydrogen) atoms. The minimum absolute atomic E-state index is 0.0365. The number of rotatable bonds is 4. The zero-order valence-electron chi connectivity index (χ0n) is 10.6. The molecule has 0 aliphatic carbocycles. The highest BCUT2D eigenvalue weighted by atomic mass is 16.3. The lowest BCUT2D eigenvalue weighted by Gasteiger charge is -2.24. The zero-order valence-corrected chi connectivity index (χ0v) is 10.6. The molecule has 0 unspecified atom stereocenters. The van der Waals surface area contributed by atoms with E-state index in [1.807, 2.05) is 42.6 Å². The van der Waals surface area contributed by atoms with E-state index in [1.165, 1.54) is 0 Å². The summed E-state index contributed by atoms with van der Waals surface area (Å²) in [6, 6.07) is 5.65. The fourth-order valence-corrected chi connectivity index (χ4v) is 1.89. The SMILES string of the molecule is CC(C)N(CCO)C(=O)c1cn2ccccc2n1. The maximum atomic E-state index is 12.3. The molecule has 2 heterocycles. The highest BCUT2D eigenvalue weighted by molar-refractivity contribution is 5.93. The summed E-state index contributed by atoms with van der Waals surface area (Å²) in [5.74, 6) is -0.150. The summed E-state index contributed by atoms with van der Waals surface area (Å²) in [5.41, 5.74) is 1.15. The van der Waals surface area contributed by atoms with E-state index >= 15 is 0 Å². The van der Waals surface area contributed by atoms with Gasteiger partial charge in [0.25, 0.3) is 5.91 Å². The molecule has 0 atom stereocenters. The molecule has 0 saturated carbocycles. The fourth-order valence-electron chi connectivity index (χ4n) is 1.89. The Morgan fingerprint density at radius 2 is 2.28 bits per heavy atom. The zero-order chi connectivity index (χ0) is 13.1. The molecule has 0 saturated heterocycles. The Morgan fingerprint density at radius 3 is 2.89 bits per heavy atom. The normalized spacial score (nSPS) is 11.1. The second kappa shape index (κ2) is 5.18. The number of aliphatic hydroxyl groups excluding tert-OH is 1. The van der Waals surface area contributed by atoms with Crippen LogP contribution in [-0.2, 0) is 0 Å². The van der Waals surface area contributed by atoms with Crippen LogP contribution in [0.4, 0.5) is 0 Å². The van der Waals surface area contributed by atoms with Crippen LogP contribution >= 0.6 is 0 Å². The third-order valence-corrected chi connectivity index (χ3v) is 2.81. The lowest BCUT2D eigenvalue weighted by Crippen LogP contribution is -2.39. The molecule has 2 aromatic rings. The van der Waals surface area contributed by atoms with Gasteiger partial charge in [0, 0.05) is 25.0 Å². The van der Waals surface area contributed by atoms with E-state index in [-0.39, 0.29) is 18.6 Å². The van der Waals surface area contributed by atoms with E-state index in [4.69, 9.17) is 5.11 Å². The molecule has 0 bridgehead atoms. The Morgan fingerprint density at radius 1 is 1.50 bits per heavy atom. The van der Waals surface area contributed by atoms with Gasteiger partial charge in [0.1, 0.15) is 11.3 Å². The fraction of sp³-hybridized carbons (Fsp3) is 0.385. The quantitative estimate of drug-likeness (QED) is 0.882. The summed E-state index contributed by atoms with van der Waals surface area (Å²) in [5, 5.41) is 9.00. The smallest absolute Gasteiger partial charge is 0.274 e. The first-order valence-corrected chi connectivity index (χ1v) is 5.99. The van der Waals surface area contributed by atoms with Gasteiger partial charge in [-0.15, -0.1) is 0 Å². The van der Waals surface area contributed by atoms with E-state index in [0.717, 1.165) is 5.65 Å². The molecule has 96 valence electrons. The van der Waals surface area contributed by atoms with Crippen molar-refractivity contribution in [1.82, 2.24) is 14.3 Å². The number of aromatic nitrogens is 2. The molecule has 2 rings (SSSR count). The van der Waals surface area contributed by atoms with Crippen LogP contribution in [0, 0.1) is 0 Å². The van der Waals surface area contributed by atoms with Crippen LogP contribution in [0.25, 0.3) is 5.65 Å². The van der Waals surface area contributed by atoms with E-state index in [0.29, 0.717) is 12.2 Å². The average molecular weight is 247 g/mol. The summed E-state index contributed by atoms with van der Waals surface area (Å²) >= 11 is 0. The van der Waals surface area contributed by atoms with Gasteiger partial charge in [0.05, 0.1) is 6.61 Å². The molecule has 1 N–H and O–H groups in total. The number of fused-ring (bicyclic) bond motifs is 1. The highest BCUT2D eigenvalue weighted by Crippen LogP contribution is 2.09. The number of hydrogen-bond acceptors (Lipinski definition) is 3. The van der Waals surface area contributed by atoms with Crippen LogP contribution in [0.2, 0.25) is 0 Å². The number of aliphatic hydroxyl groups is 1. The molecule has 0 aromatic carbocycles. The number of carbonyl (C=O) groups is 1. The highest BCUT2D eigenvalue weighted by Gasteiger charge is 2.20. The predicted octanol–water partition coefficient (Wildman–Crippen LogP) is 1.18. The maximum Gasteiger partial charge on any atom is 0.274 e.